The summed E-state index contributed by atoms with van der Waals surface area (Å²) in [5.41, 5.74) is 1.27. The first-order chi connectivity index (χ1) is 12.3. The normalized spacial score (nSPS) is 25.0. The van der Waals surface area contributed by atoms with Crippen molar-refractivity contribution in [1.29, 1.82) is 0 Å². The molecule has 2 heterocycles. The van der Waals surface area contributed by atoms with Crippen LogP contribution in [-0.4, -0.2) is 57.6 Å². The van der Waals surface area contributed by atoms with Crippen LogP contribution in [0.3, 0.4) is 0 Å². The van der Waals surface area contributed by atoms with Gasteiger partial charge >= 0.3 is 0 Å². The van der Waals surface area contributed by atoms with Gasteiger partial charge in [-0.1, -0.05) is 18.2 Å². The van der Waals surface area contributed by atoms with Gasteiger partial charge in [0.1, 0.15) is 5.75 Å². The summed E-state index contributed by atoms with van der Waals surface area (Å²) in [6.45, 7) is 4.00. The molecule has 1 fully saturated rings. The number of nitrogens with one attached hydrogen (secondary N) is 2. The van der Waals surface area contributed by atoms with Crippen LogP contribution >= 0.6 is 24.0 Å². The van der Waals surface area contributed by atoms with E-state index < -0.39 is 0 Å². The molecule has 0 amide bonds. The van der Waals surface area contributed by atoms with Gasteiger partial charge in [0.25, 0.3) is 0 Å². The van der Waals surface area contributed by atoms with Crippen molar-refractivity contribution in [1.82, 2.24) is 10.6 Å². The molecule has 26 heavy (non-hydrogen) atoms. The smallest absolute Gasteiger partial charge is 0.191 e. The van der Waals surface area contributed by atoms with E-state index in [-0.39, 0.29) is 36.0 Å². The molecule has 1 aromatic rings. The van der Waals surface area contributed by atoms with Crippen molar-refractivity contribution in [3.05, 3.63) is 29.8 Å². The standard InChI is InChI=1S/C19H29N3O3.HI/c1-20-18(22-13-19(7-9-23)8-11-24-14-19)21-12-15-6-10-25-17-5-3-2-4-16(15)17;/h2-5,15,23H,6-14H2,1H3,(H2,20,21,22);1H. The minimum absolute atomic E-state index is 0. The Labute approximate surface area is 172 Å². The van der Waals surface area contributed by atoms with E-state index in [4.69, 9.17) is 9.47 Å². The Morgan fingerprint density at radius 2 is 2.15 bits per heavy atom. The number of hydrogen-bond acceptors (Lipinski definition) is 4. The quantitative estimate of drug-likeness (QED) is 0.334. The van der Waals surface area contributed by atoms with E-state index in [2.05, 4.69) is 27.8 Å². The van der Waals surface area contributed by atoms with E-state index in [1.807, 2.05) is 12.1 Å². The van der Waals surface area contributed by atoms with Gasteiger partial charge in [-0.25, -0.2) is 0 Å². The second kappa shape index (κ2) is 10.3. The van der Waals surface area contributed by atoms with Gasteiger partial charge in [-0.05, 0) is 30.9 Å². The first kappa shape index (κ1) is 21.2. The Morgan fingerprint density at radius 3 is 2.88 bits per heavy atom. The van der Waals surface area contributed by atoms with Crippen molar-refractivity contribution in [3.63, 3.8) is 0 Å². The molecule has 0 spiro atoms. The summed E-state index contributed by atoms with van der Waals surface area (Å²) in [6.07, 6.45) is 2.73. The summed E-state index contributed by atoms with van der Waals surface area (Å²) in [5, 5.41) is 16.2. The molecule has 2 aliphatic rings. The summed E-state index contributed by atoms with van der Waals surface area (Å²) in [5.74, 6) is 2.21. The van der Waals surface area contributed by atoms with E-state index in [0.29, 0.717) is 12.5 Å². The Hall–Kier alpha value is -1.06. The number of benzene rings is 1. The third-order valence-electron chi connectivity index (χ3n) is 5.28. The number of rotatable bonds is 6. The second-order valence-corrected chi connectivity index (χ2v) is 6.95. The number of para-hydroxylation sites is 1. The highest BCUT2D eigenvalue weighted by molar-refractivity contribution is 14.0. The fourth-order valence-corrected chi connectivity index (χ4v) is 3.65. The Morgan fingerprint density at radius 1 is 1.31 bits per heavy atom. The molecule has 3 rings (SSSR count). The predicted octanol–water partition coefficient (Wildman–Crippen LogP) is 2.12. The Kier molecular flexibility index (Phi) is 8.43. The maximum absolute atomic E-state index is 9.34. The fourth-order valence-electron chi connectivity index (χ4n) is 3.65. The number of ether oxygens (including phenoxy) is 2. The zero-order valence-corrected chi connectivity index (χ0v) is 17.7. The molecule has 0 aromatic heterocycles. The molecular formula is C19H30IN3O3. The highest BCUT2D eigenvalue weighted by Crippen LogP contribution is 2.33. The Bertz CT molecular complexity index is 591. The van der Waals surface area contributed by atoms with Crippen LogP contribution in [-0.2, 0) is 4.74 Å². The molecule has 2 atom stereocenters. The van der Waals surface area contributed by atoms with Crippen LogP contribution in [0.5, 0.6) is 5.75 Å². The molecular weight excluding hydrogens is 445 g/mol. The number of guanidine groups is 1. The molecule has 146 valence electrons. The minimum atomic E-state index is 0. The van der Waals surface area contributed by atoms with Gasteiger partial charge in [0, 0.05) is 44.7 Å². The lowest BCUT2D eigenvalue weighted by molar-refractivity contribution is 0.127. The van der Waals surface area contributed by atoms with Gasteiger partial charge < -0.3 is 25.2 Å². The molecule has 0 saturated carbocycles. The molecule has 1 saturated heterocycles. The lowest BCUT2D eigenvalue weighted by atomic mass is 9.84. The average molecular weight is 475 g/mol. The zero-order chi connectivity index (χ0) is 17.5. The van der Waals surface area contributed by atoms with Crippen molar-refractivity contribution in [2.75, 3.05) is 46.6 Å². The van der Waals surface area contributed by atoms with Crippen molar-refractivity contribution in [3.8, 4) is 5.75 Å². The first-order valence-electron chi connectivity index (χ1n) is 9.11. The number of aliphatic hydroxyl groups is 1. The monoisotopic (exact) mass is 475 g/mol. The average Bonchev–Trinajstić information content (AvgIpc) is 3.11. The van der Waals surface area contributed by atoms with Crippen molar-refractivity contribution >= 4 is 29.9 Å². The van der Waals surface area contributed by atoms with Crippen LogP contribution in [0.4, 0.5) is 0 Å². The molecule has 0 bridgehead atoms. The zero-order valence-electron chi connectivity index (χ0n) is 15.4. The topological polar surface area (TPSA) is 75.1 Å². The third kappa shape index (κ3) is 5.23. The number of hydrogen-bond donors (Lipinski definition) is 3. The molecule has 0 aliphatic carbocycles. The van der Waals surface area contributed by atoms with Crippen LogP contribution in [0.1, 0.15) is 30.7 Å². The van der Waals surface area contributed by atoms with E-state index in [1.54, 1.807) is 7.05 Å². The van der Waals surface area contributed by atoms with Gasteiger partial charge in [0.05, 0.1) is 13.2 Å². The van der Waals surface area contributed by atoms with Crippen LogP contribution in [0, 0.1) is 5.41 Å². The molecule has 7 heteroatoms. The SMILES string of the molecule is CN=C(NCC1CCOc2ccccc21)NCC1(CCO)CCOC1.I. The molecule has 1 aromatic carbocycles. The minimum Gasteiger partial charge on any atom is -0.493 e. The Balaban J connectivity index is 0.00000243. The number of nitrogens with zero attached hydrogens (tertiary/aromatic N) is 1. The molecule has 6 nitrogen and oxygen atoms in total. The van der Waals surface area contributed by atoms with E-state index in [9.17, 15) is 5.11 Å². The van der Waals surface area contributed by atoms with E-state index >= 15 is 0 Å². The van der Waals surface area contributed by atoms with Gasteiger partial charge in [0.15, 0.2) is 5.96 Å². The molecule has 2 aliphatic heterocycles. The predicted molar refractivity (Wildman–Crippen MR) is 114 cm³/mol. The maximum atomic E-state index is 9.34. The van der Waals surface area contributed by atoms with Crippen LogP contribution in [0.2, 0.25) is 0 Å². The van der Waals surface area contributed by atoms with Gasteiger partial charge in [-0.3, -0.25) is 4.99 Å². The van der Waals surface area contributed by atoms with Gasteiger partial charge in [-0.15, -0.1) is 24.0 Å². The summed E-state index contributed by atoms with van der Waals surface area (Å²) < 4.78 is 11.3. The summed E-state index contributed by atoms with van der Waals surface area (Å²) in [7, 11) is 1.79. The summed E-state index contributed by atoms with van der Waals surface area (Å²) in [6, 6.07) is 8.25. The highest BCUT2D eigenvalue weighted by Gasteiger charge is 2.34. The van der Waals surface area contributed by atoms with Crippen LogP contribution < -0.4 is 15.4 Å². The first-order valence-corrected chi connectivity index (χ1v) is 9.11. The van der Waals surface area contributed by atoms with Gasteiger partial charge in [0.2, 0.25) is 0 Å². The van der Waals surface area contributed by atoms with Crippen molar-refractivity contribution in [2.24, 2.45) is 10.4 Å². The fraction of sp³-hybridized carbons (Fsp3) is 0.632. The lowest BCUT2D eigenvalue weighted by Crippen LogP contribution is -2.45. The molecule has 2 unspecified atom stereocenters. The van der Waals surface area contributed by atoms with Crippen molar-refractivity contribution < 1.29 is 14.6 Å². The third-order valence-corrected chi connectivity index (χ3v) is 5.28. The van der Waals surface area contributed by atoms with E-state index in [0.717, 1.165) is 57.3 Å². The van der Waals surface area contributed by atoms with Crippen LogP contribution in [0.15, 0.2) is 29.3 Å². The number of aliphatic imine (C=N–C) groups is 1. The van der Waals surface area contributed by atoms with Crippen LogP contribution in [0.25, 0.3) is 0 Å². The molecule has 3 N–H and O–H groups in total. The number of fused-ring (bicyclic) bond motifs is 1. The highest BCUT2D eigenvalue weighted by atomic mass is 127. The number of aliphatic hydroxyl groups excluding tert-OH is 1. The largest absolute Gasteiger partial charge is 0.493 e. The number of halogens is 1. The molecule has 0 radical (unpaired) electrons. The van der Waals surface area contributed by atoms with Crippen molar-refractivity contribution in [2.45, 2.75) is 25.2 Å². The van der Waals surface area contributed by atoms with Gasteiger partial charge in [-0.2, -0.15) is 0 Å². The maximum Gasteiger partial charge on any atom is 0.191 e. The van der Waals surface area contributed by atoms with E-state index in [1.165, 1.54) is 5.56 Å². The second-order valence-electron chi connectivity index (χ2n) is 6.95. The lowest BCUT2D eigenvalue weighted by Gasteiger charge is -2.29. The summed E-state index contributed by atoms with van der Waals surface area (Å²) >= 11 is 0. The summed E-state index contributed by atoms with van der Waals surface area (Å²) in [4.78, 5) is 4.34.